The highest BCUT2D eigenvalue weighted by molar-refractivity contribution is 7.77. The van der Waals surface area contributed by atoms with Crippen molar-refractivity contribution in [3.63, 3.8) is 0 Å². The minimum absolute atomic E-state index is 0.0730. The highest BCUT2D eigenvalue weighted by Gasteiger charge is 2.67. The second-order valence-corrected chi connectivity index (χ2v) is 15.9. The fourth-order valence-electron chi connectivity index (χ4n) is 8.74. The lowest BCUT2D eigenvalue weighted by Crippen LogP contribution is -2.42. The number of aryl methyl sites for hydroxylation is 1. The maximum Gasteiger partial charge on any atom is 0.216 e. The molecule has 6 rings (SSSR count). The van der Waals surface area contributed by atoms with Gasteiger partial charge in [0.15, 0.2) is 0 Å². The predicted molar refractivity (Wildman–Crippen MR) is 181 cm³/mol. The molecular formula is C39H44NOP. The third-order valence-corrected chi connectivity index (χ3v) is 12.7. The summed E-state index contributed by atoms with van der Waals surface area (Å²) in [5.41, 5.74) is 7.56. The summed E-state index contributed by atoms with van der Waals surface area (Å²) in [6, 6.07) is 27.3. The van der Waals surface area contributed by atoms with E-state index in [1.165, 1.54) is 44.0 Å². The summed E-state index contributed by atoms with van der Waals surface area (Å²) < 4.78 is 6.33. The van der Waals surface area contributed by atoms with Gasteiger partial charge in [-0.15, -0.1) is 0 Å². The SMILES string of the molecule is C=C/C(C)=C\C1=C(P(c2ccccc2)c2ccccc2)[C@@]2(C)c3c(C4=N[C@@H](C)CO4)cc(C)cc3C(C)(C)[C@H]2C1(C)C. The minimum atomic E-state index is -0.853. The molecule has 1 heterocycles. The van der Waals surface area contributed by atoms with E-state index in [0.29, 0.717) is 12.5 Å². The van der Waals surface area contributed by atoms with Gasteiger partial charge in [-0.25, -0.2) is 4.99 Å². The van der Waals surface area contributed by atoms with Crippen molar-refractivity contribution in [3.05, 3.63) is 130 Å². The van der Waals surface area contributed by atoms with Gasteiger partial charge in [-0.2, -0.15) is 0 Å². The maximum absolute atomic E-state index is 6.33. The van der Waals surface area contributed by atoms with Gasteiger partial charge in [0.05, 0.1) is 6.04 Å². The van der Waals surface area contributed by atoms with E-state index < -0.39 is 7.92 Å². The average Bonchev–Trinajstić information content (AvgIpc) is 3.53. The van der Waals surface area contributed by atoms with Crippen molar-refractivity contribution in [2.24, 2.45) is 16.3 Å². The van der Waals surface area contributed by atoms with Crippen LogP contribution in [-0.4, -0.2) is 18.5 Å². The topological polar surface area (TPSA) is 21.6 Å². The lowest BCUT2D eigenvalue weighted by Gasteiger charge is -2.43. The van der Waals surface area contributed by atoms with Gasteiger partial charge in [-0.1, -0.05) is 131 Å². The van der Waals surface area contributed by atoms with Crippen molar-refractivity contribution in [1.29, 1.82) is 0 Å². The first-order valence-corrected chi connectivity index (χ1v) is 16.6. The summed E-state index contributed by atoms with van der Waals surface area (Å²) in [6.45, 7) is 23.8. The molecule has 2 nitrogen and oxygen atoms in total. The standard InChI is InChI=1S/C39H44NOP/c1-10-25(2)22-32-34(42(28-17-13-11-14-18-28)29-19-15-12-16-20-29)39(9)33-30(35-40-27(4)24-41-35)21-26(3)23-31(33)37(5,6)36(39)38(32,7)8/h10-23,27,36H,1,24H2,2-9H3/b25-22-/t27-,36-,39+/m0/s1. The van der Waals surface area contributed by atoms with Crippen molar-refractivity contribution >= 4 is 24.4 Å². The first-order chi connectivity index (χ1) is 19.9. The van der Waals surface area contributed by atoms with E-state index in [1.54, 1.807) is 5.31 Å². The summed E-state index contributed by atoms with van der Waals surface area (Å²) in [5, 5.41) is 4.32. The van der Waals surface area contributed by atoms with Crippen molar-refractivity contribution in [3.8, 4) is 0 Å². The van der Waals surface area contributed by atoms with Crippen LogP contribution >= 0.6 is 7.92 Å². The number of fused-ring (bicyclic) bond motifs is 3. The smallest absolute Gasteiger partial charge is 0.216 e. The molecule has 3 heteroatoms. The number of ether oxygens (including phenoxy) is 1. The largest absolute Gasteiger partial charge is 0.475 e. The molecule has 0 aromatic heterocycles. The number of hydrogen-bond donors (Lipinski definition) is 0. The fraction of sp³-hybridized carbons (Fsp3) is 0.359. The van der Waals surface area contributed by atoms with Gasteiger partial charge in [-0.05, 0) is 84.1 Å². The summed E-state index contributed by atoms with van der Waals surface area (Å²) in [4.78, 5) is 5.03. The van der Waals surface area contributed by atoms with Crippen LogP contribution in [0.15, 0.2) is 113 Å². The number of hydrogen-bond acceptors (Lipinski definition) is 2. The monoisotopic (exact) mass is 573 g/mol. The van der Waals surface area contributed by atoms with Crippen molar-refractivity contribution in [1.82, 2.24) is 0 Å². The van der Waals surface area contributed by atoms with Gasteiger partial charge in [0.25, 0.3) is 0 Å². The lowest BCUT2D eigenvalue weighted by molar-refractivity contribution is 0.150. The van der Waals surface area contributed by atoms with Crippen LogP contribution in [0, 0.1) is 18.3 Å². The Labute approximate surface area is 254 Å². The molecule has 3 atom stereocenters. The number of aliphatic imine (C=N–C) groups is 1. The molecule has 3 aromatic carbocycles. The zero-order valence-electron chi connectivity index (χ0n) is 26.5. The van der Waals surface area contributed by atoms with E-state index in [4.69, 9.17) is 9.73 Å². The Kier molecular flexibility index (Phi) is 7.01. The number of rotatable bonds is 6. The van der Waals surface area contributed by atoms with Crippen LogP contribution in [0.4, 0.5) is 0 Å². The number of allylic oxidation sites excluding steroid dienone is 5. The molecule has 0 fully saturated rings. The van der Waals surface area contributed by atoms with Gasteiger partial charge < -0.3 is 4.74 Å². The Balaban J connectivity index is 1.78. The second kappa shape index (κ2) is 10.2. The van der Waals surface area contributed by atoms with Crippen molar-refractivity contribution in [2.75, 3.05) is 6.61 Å². The van der Waals surface area contributed by atoms with Crippen LogP contribution in [0.1, 0.15) is 70.7 Å². The van der Waals surface area contributed by atoms with E-state index in [9.17, 15) is 0 Å². The van der Waals surface area contributed by atoms with Crippen molar-refractivity contribution < 1.29 is 4.74 Å². The van der Waals surface area contributed by atoms with Crippen molar-refractivity contribution in [2.45, 2.75) is 72.3 Å². The van der Waals surface area contributed by atoms with E-state index in [0.717, 1.165) is 5.90 Å². The number of benzene rings is 3. The average molecular weight is 574 g/mol. The highest BCUT2D eigenvalue weighted by atomic mass is 31.1. The molecule has 0 saturated carbocycles. The molecule has 0 amide bonds. The highest BCUT2D eigenvalue weighted by Crippen LogP contribution is 2.75. The van der Waals surface area contributed by atoms with Crippen LogP contribution in [0.5, 0.6) is 0 Å². The molecule has 3 aromatic rings. The Bertz CT molecular complexity index is 1600. The summed E-state index contributed by atoms with van der Waals surface area (Å²) in [6.07, 6.45) is 4.45. The quantitative estimate of drug-likeness (QED) is 0.213. The van der Waals surface area contributed by atoms with Crippen LogP contribution < -0.4 is 10.6 Å². The molecule has 0 bridgehead atoms. The zero-order valence-corrected chi connectivity index (χ0v) is 27.3. The molecule has 0 radical (unpaired) electrons. The van der Waals surface area contributed by atoms with Gasteiger partial charge >= 0.3 is 0 Å². The van der Waals surface area contributed by atoms with Gasteiger partial charge in [0, 0.05) is 11.0 Å². The lowest BCUT2D eigenvalue weighted by atomic mass is 9.60. The number of nitrogens with zero attached hydrogens (tertiary/aromatic N) is 1. The molecule has 2 aliphatic carbocycles. The molecule has 0 spiro atoms. The normalized spacial score (nSPS) is 25.7. The molecule has 42 heavy (non-hydrogen) atoms. The third kappa shape index (κ3) is 4.21. The first-order valence-electron chi connectivity index (χ1n) is 15.2. The van der Waals surface area contributed by atoms with E-state index >= 15 is 0 Å². The third-order valence-electron chi connectivity index (χ3n) is 9.93. The minimum Gasteiger partial charge on any atom is -0.475 e. The fourth-order valence-corrected chi connectivity index (χ4v) is 11.8. The van der Waals surface area contributed by atoms with Gasteiger partial charge in [-0.3, -0.25) is 0 Å². The Morgan fingerprint density at radius 2 is 1.52 bits per heavy atom. The molecule has 0 unspecified atom stereocenters. The molecule has 1 aliphatic heterocycles. The van der Waals surface area contributed by atoms with Crippen LogP contribution in [0.25, 0.3) is 0 Å². The van der Waals surface area contributed by atoms with Crippen LogP contribution in [0.3, 0.4) is 0 Å². The maximum atomic E-state index is 6.33. The van der Waals surface area contributed by atoms with Crippen LogP contribution in [-0.2, 0) is 15.6 Å². The van der Waals surface area contributed by atoms with E-state index in [-0.39, 0.29) is 22.3 Å². The second-order valence-electron chi connectivity index (χ2n) is 13.8. The summed E-state index contributed by atoms with van der Waals surface area (Å²) in [5.74, 6) is 1.15. The Morgan fingerprint density at radius 1 is 0.929 bits per heavy atom. The summed E-state index contributed by atoms with van der Waals surface area (Å²) >= 11 is 0. The summed E-state index contributed by atoms with van der Waals surface area (Å²) in [7, 11) is -0.853. The zero-order chi connectivity index (χ0) is 30.0. The van der Waals surface area contributed by atoms with E-state index in [1.807, 2.05) is 6.08 Å². The molecule has 0 saturated heterocycles. The predicted octanol–water partition coefficient (Wildman–Crippen LogP) is 8.88. The molecule has 216 valence electrons. The van der Waals surface area contributed by atoms with Gasteiger partial charge in [0.1, 0.15) is 6.61 Å². The van der Waals surface area contributed by atoms with Crippen LogP contribution in [0.2, 0.25) is 0 Å². The molecule has 0 N–H and O–H groups in total. The first kappa shape index (κ1) is 28.9. The van der Waals surface area contributed by atoms with Gasteiger partial charge in [0.2, 0.25) is 5.90 Å². The molecular weight excluding hydrogens is 529 g/mol. The Hall–Kier alpha value is -3.22. The van der Waals surface area contributed by atoms with E-state index in [2.05, 4.69) is 141 Å². The Morgan fingerprint density at radius 3 is 2.05 bits per heavy atom. The molecule has 3 aliphatic rings.